The zero-order valence-corrected chi connectivity index (χ0v) is 15.3. The number of nitrogens with zero attached hydrogens (tertiary/aromatic N) is 2. The molecule has 25 heavy (non-hydrogen) atoms. The number of rotatable bonds is 8. The van der Waals surface area contributed by atoms with E-state index in [1.807, 2.05) is 45.9 Å². The number of aryl methyl sites for hydroxylation is 2. The van der Waals surface area contributed by atoms with Crippen LogP contribution in [0.2, 0.25) is 0 Å². The summed E-state index contributed by atoms with van der Waals surface area (Å²) in [5.74, 6) is 0.426. The summed E-state index contributed by atoms with van der Waals surface area (Å²) in [5, 5.41) is 6.05. The smallest absolute Gasteiger partial charge is 0.251 e. The largest absolute Gasteiger partial charge is 0.379 e. The summed E-state index contributed by atoms with van der Waals surface area (Å²) in [6.07, 6.45) is 1.00. The van der Waals surface area contributed by atoms with Crippen molar-refractivity contribution in [3.63, 3.8) is 0 Å². The highest BCUT2D eigenvalue weighted by atomic mass is 16.5. The molecule has 0 radical (unpaired) electrons. The van der Waals surface area contributed by atoms with Gasteiger partial charge in [0.15, 0.2) is 0 Å². The maximum absolute atomic E-state index is 12.2. The first-order chi connectivity index (χ1) is 11.9. The van der Waals surface area contributed by atoms with Gasteiger partial charge in [-0.15, -0.1) is 0 Å². The lowest BCUT2D eigenvalue weighted by Gasteiger charge is -2.10. The molecule has 134 valence electrons. The van der Waals surface area contributed by atoms with Crippen LogP contribution in [0.4, 0.5) is 11.6 Å². The fourth-order valence-electron chi connectivity index (χ4n) is 2.34. The van der Waals surface area contributed by atoms with Crippen molar-refractivity contribution in [2.75, 3.05) is 18.5 Å². The molecule has 1 aromatic heterocycles. The molecule has 2 rings (SSSR count). The van der Waals surface area contributed by atoms with Gasteiger partial charge in [-0.3, -0.25) is 4.79 Å². The number of benzene rings is 1. The van der Waals surface area contributed by atoms with E-state index < -0.39 is 0 Å². The lowest BCUT2D eigenvalue weighted by atomic mass is 10.2. The molecule has 0 bridgehead atoms. The van der Waals surface area contributed by atoms with Crippen molar-refractivity contribution < 1.29 is 9.53 Å². The van der Waals surface area contributed by atoms with Gasteiger partial charge in [0.1, 0.15) is 0 Å². The molecule has 0 aliphatic rings. The average molecular weight is 342 g/mol. The molecular weight excluding hydrogens is 316 g/mol. The Bertz CT molecular complexity index is 696. The summed E-state index contributed by atoms with van der Waals surface area (Å²) in [7, 11) is 0. The van der Waals surface area contributed by atoms with Crippen molar-refractivity contribution in [2.45, 2.75) is 40.2 Å². The minimum Gasteiger partial charge on any atom is -0.379 e. The van der Waals surface area contributed by atoms with E-state index in [2.05, 4.69) is 20.6 Å². The molecule has 1 amide bonds. The molecule has 0 atom stereocenters. The van der Waals surface area contributed by atoms with Crippen LogP contribution in [0.1, 0.15) is 42.0 Å². The SMILES string of the molecule is Cc1cc(C)nc(Nc2cccc(C(=O)NCCCOC(C)C)c2)n1. The van der Waals surface area contributed by atoms with Crippen LogP contribution in [0.5, 0.6) is 0 Å². The summed E-state index contributed by atoms with van der Waals surface area (Å²) >= 11 is 0. The lowest BCUT2D eigenvalue weighted by Crippen LogP contribution is -2.25. The van der Waals surface area contributed by atoms with E-state index in [9.17, 15) is 4.79 Å². The van der Waals surface area contributed by atoms with E-state index in [4.69, 9.17) is 4.74 Å². The van der Waals surface area contributed by atoms with Crippen molar-refractivity contribution in [2.24, 2.45) is 0 Å². The maximum atomic E-state index is 12.2. The highest BCUT2D eigenvalue weighted by molar-refractivity contribution is 5.95. The molecule has 0 spiro atoms. The van der Waals surface area contributed by atoms with Crippen LogP contribution in [0, 0.1) is 13.8 Å². The standard InChI is InChI=1S/C19H26N4O2/c1-13(2)25-10-6-9-20-18(24)16-7-5-8-17(12-16)23-19-21-14(3)11-15(4)22-19/h5,7-8,11-13H,6,9-10H2,1-4H3,(H,20,24)(H,21,22,23). The number of ether oxygens (including phenoxy) is 1. The van der Waals surface area contributed by atoms with Gasteiger partial charge in [0.2, 0.25) is 5.95 Å². The molecule has 0 saturated heterocycles. The van der Waals surface area contributed by atoms with Crippen LogP contribution in [0.25, 0.3) is 0 Å². The Balaban J connectivity index is 1.92. The molecular formula is C19H26N4O2. The summed E-state index contributed by atoms with van der Waals surface area (Å²) < 4.78 is 5.46. The second-order valence-corrected chi connectivity index (χ2v) is 6.21. The average Bonchev–Trinajstić information content (AvgIpc) is 2.53. The van der Waals surface area contributed by atoms with Gasteiger partial charge in [-0.25, -0.2) is 9.97 Å². The lowest BCUT2D eigenvalue weighted by molar-refractivity contribution is 0.0757. The fourth-order valence-corrected chi connectivity index (χ4v) is 2.34. The molecule has 6 heteroatoms. The van der Waals surface area contributed by atoms with Crippen molar-refractivity contribution >= 4 is 17.5 Å². The third kappa shape index (κ3) is 6.51. The molecule has 6 nitrogen and oxygen atoms in total. The first-order valence-corrected chi connectivity index (χ1v) is 8.53. The number of hydrogen-bond acceptors (Lipinski definition) is 5. The summed E-state index contributed by atoms with van der Waals surface area (Å²) in [5.41, 5.74) is 3.17. The highest BCUT2D eigenvalue weighted by Crippen LogP contribution is 2.15. The number of amides is 1. The van der Waals surface area contributed by atoms with Crippen LogP contribution in [-0.2, 0) is 4.74 Å². The third-order valence-electron chi connectivity index (χ3n) is 3.42. The van der Waals surface area contributed by atoms with E-state index in [0.717, 1.165) is 23.5 Å². The zero-order valence-electron chi connectivity index (χ0n) is 15.3. The Morgan fingerprint density at radius 3 is 2.56 bits per heavy atom. The van der Waals surface area contributed by atoms with Gasteiger partial charge < -0.3 is 15.4 Å². The minimum absolute atomic E-state index is 0.102. The van der Waals surface area contributed by atoms with Crippen molar-refractivity contribution in [1.82, 2.24) is 15.3 Å². The number of carbonyl (C=O) groups is 1. The minimum atomic E-state index is -0.102. The Morgan fingerprint density at radius 2 is 1.88 bits per heavy atom. The predicted molar refractivity (Wildman–Crippen MR) is 99.3 cm³/mol. The first kappa shape index (κ1) is 18.9. The number of carbonyl (C=O) groups excluding carboxylic acids is 1. The Kier molecular flexibility index (Phi) is 6.89. The van der Waals surface area contributed by atoms with Gasteiger partial charge in [0.25, 0.3) is 5.91 Å². The molecule has 2 N–H and O–H groups in total. The van der Waals surface area contributed by atoms with Gasteiger partial charge in [-0.05, 0) is 58.4 Å². The summed E-state index contributed by atoms with van der Waals surface area (Å²) in [6, 6.07) is 9.21. The van der Waals surface area contributed by atoms with E-state index in [1.165, 1.54) is 0 Å². The van der Waals surface area contributed by atoms with E-state index in [0.29, 0.717) is 24.7 Å². The van der Waals surface area contributed by atoms with E-state index in [1.54, 1.807) is 12.1 Å². The number of aromatic nitrogens is 2. The predicted octanol–water partition coefficient (Wildman–Crippen LogP) is 3.38. The van der Waals surface area contributed by atoms with Gasteiger partial charge in [-0.1, -0.05) is 6.07 Å². The van der Waals surface area contributed by atoms with Crippen LogP contribution in [0.3, 0.4) is 0 Å². The molecule has 0 aliphatic carbocycles. The number of nitrogens with one attached hydrogen (secondary N) is 2. The second-order valence-electron chi connectivity index (χ2n) is 6.21. The molecule has 0 saturated carbocycles. The molecule has 2 aromatic rings. The van der Waals surface area contributed by atoms with E-state index >= 15 is 0 Å². The van der Waals surface area contributed by atoms with Gasteiger partial charge in [0.05, 0.1) is 6.10 Å². The molecule has 1 aromatic carbocycles. The monoisotopic (exact) mass is 342 g/mol. The highest BCUT2D eigenvalue weighted by Gasteiger charge is 2.07. The molecule has 1 heterocycles. The van der Waals surface area contributed by atoms with Crippen LogP contribution in [0.15, 0.2) is 30.3 Å². The number of anilines is 2. The normalized spacial score (nSPS) is 10.8. The van der Waals surface area contributed by atoms with E-state index in [-0.39, 0.29) is 12.0 Å². The Morgan fingerprint density at radius 1 is 1.16 bits per heavy atom. The molecule has 0 aliphatic heterocycles. The molecule has 0 fully saturated rings. The van der Waals surface area contributed by atoms with Crippen molar-refractivity contribution in [3.8, 4) is 0 Å². The van der Waals surface area contributed by atoms with Crippen molar-refractivity contribution in [3.05, 3.63) is 47.3 Å². The molecule has 0 unspecified atom stereocenters. The van der Waals surface area contributed by atoms with Crippen LogP contribution in [-0.4, -0.2) is 35.1 Å². The third-order valence-corrected chi connectivity index (χ3v) is 3.42. The van der Waals surface area contributed by atoms with Gasteiger partial charge in [0, 0.05) is 35.8 Å². The quantitative estimate of drug-likeness (QED) is 0.719. The van der Waals surface area contributed by atoms with Crippen LogP contribution >= 0.6 is 0 Å². The second kappa shape index (κ2) is 9.13. The van der Waals surface area contributed by atoms with Crippen molar-refractivity contribution in [1.29, 1.82) is 0 Å². The summed E-state index contributed by atoms with van der Waals surface area (Å²) in [4.78, 5) is 20.9. The first-order valence-electron chi connectivity index (χ1n) is 8.53. The number of hydrogen-bond donors (Lipinski definition) is 2. The maximum Gasteiger partial charge on any atom is 0.251 e. The zero-order chi connectivity index (χ0) is 18.2. The Labute approximate surface area is 149 Å². The summed E-state index contributed by atoms with van der Waals surface area (Å²) in [6.45, 7) is 9.07. The van der Waals surface area contributed by atoms with Gasteiger partial charge in [-0.2, -0.15) is 0 Å². The van der Waals surface area contributed by atoms with Crippen LogP contribution < -0.4 is 10.6 Å². The fraction of sp³-hybridized carbons (Fsp3) is 0.421. The topological polar surface area (TPSA) is 76.1 Å². The Hall–Kier alpha value is -2.47. The van der Waals surface area contributed by atoms with Gasteiger partial charge >= 0.3 is 0 Å².